The third-order valence-electron chi connectivity index (χ3n) is 3.09. The van der Waals surface area contributed by atoms with Gasteiger partial charge >= 0.3 is 0 Å². The molecule has 0 bridgehead atoms. The van der Waals surface area contributed by atoms with E-state index in [0.29, 0.717) is 13.2 Å². The molecule has 1 aromatic rings. The van der Waals surface area contributed by atoms with E-state index in [2.05, 4.69) is 12.2 Å². The molecule has 21 heavy (non-hydrogen) atoms. The van der Waals surface area contributed by atoms with E-state index in [1.54, 1.807) is 6.92 Å². The highest BCUT2D eigenvalue weighted by Crippen LogP contribution is 2.20. The average molecular weight is 315 g/mol. The maximum absolute atomic E-state index is 11.5. The van der Waals surface area contributed by atoms with E-state index in [-0.39, 0.29) is 18.3 Å². The van der Waals surface area contributed by atoms with Crippen LogP contribution in [0, 0.1) is 6.92 Å². The number of benzene rings is 1. The summed E-state index contributed by atoms with van der Waals surface area (Å²) in [5.41, 5.74) is 7.67. The SMILES string of the molecule is CCCCCOc1cc(C)ccc1CNC(=O)[C@H](C)N.Cl. The Balaban J connectivity index is 0.00000400. The van der Waals surface area contributed by atoms with Crippen LogP contribution in [0.25, 0.3) is 0 Å². The first kappa shape index (κ1) is 19.7. The van der Waals surface area contributed by atoms with Gasteiger partial charge in [0.1, 0.15) is 5.75 Å². The largest absolute Gasteiger partial charge is 0.493 e. The van der Waals surface area contributed by atoms with Gasteiger partial charge in [0.25, 0.3) is 0 Å². The third-order valence-corrected chi connectivity index (χ3v) is 3.09. The molecule has 0 spiro atoms. The van der Waals surface area contributed by atoms with E-state index in [4.69, 9.17) is 10.5 Å². The van der Waals surface area contributed by atoms with Crippen molar-refractivity contribution in [3.63, 3.8) is 0 Å². The summed E-state index contributed by atoms with van der Waals surface area (Å²) in [5, 5.41) is 2.82. The average Bonchev–Trinajstić information content (AvgIpc) is 2.42. The Morgan fingerprint density at radius 3 is 2.71 bits per heavy atom. The fourth-order valence-electron chi connectivity index (χ4n) is 1.82. The van der Waals surface area contributed by atoms with Crippen molar-refractivity contribution in [3.8, 4) is 5.75 Å². The van der Waals surface area contributed by atoms with Gasteiger partial charge in [-0.2, -0.15) is 0 Å². The molecule has 0 heterocycles. The Labute approximate surface area is 133 Å². The van der Waals surface area contributed by atoms with Gasteiger partial charge < -0.3 is 15.8 Å². The van der Waals surface area contributed by atoms with Crippen LogP contribution in [-0.4, -0.2) is 18.6 Å². The van der Waals surface area contributed by atoms with Crippen LogP contribution in [0.5, 0.6) is 5.75 Å². The van der Waals surface area contributed by atoms with Gasteiger partial charge in [0, 0.05) is 12.1 Å². The quantitative estimate of drug-likeness (QED) is 0.725. The van der Waals surface area contributed by atoms with E-state index in [1.165, 1.54) is 12.8 Å². The zero-order valence-electron chi connectivity index (χ0n) is 13.1. The summed E-state index contributed by atoms with van der Waals surface area (Å²) in [5.74, 6) is 0.702. The minimum Gasteiger partial charge on any atom is -0.493 e. The highest BCUT2D eigenvalue weighted by molar-refractivity contribution is 5.85. The number of nitrogens with one attached hydrogen (secondary N) is 1. The van der Waals surface area contributed by atoms with Crippen LogP contribution in [0.3, 0.4) is 0 Å². The van der Waals surface area contributed by atoms with Crippen LogP contribution < -0.4 is 15.8 Å². The number of nitrogens with two attached hydrogens (primary N) is 1. The summed E-state index contributed by atoms with van der Waals surface area (Å²) in [6, 6.07) is 5.53. The molecule has 0 aromatic heterocycles. The Morgan fingerprint density at radius 1 is 1.38 bits per heavy atom. The van der Waals surface area contributed by atoms with Crippen LogP contribution >= 0.6 is 12.4 Å². The zero-order chi connectivity index (χ0) is 15.0. The fourth-order valence-corrected chi connectivity index (χ4v) is 1.82. The first-order valence-electron chi connectivity index (χ1n) is 7.30. The predicted molar refractivity (Wildman–Crippen MR) is 88.9 cm³/mol. The Hall–Kier alpha value is -1.26. The van der Waals surface area contributed by atoms with Crippen molar-refractivity contribution < 1.29 is 9.53 Å². The molecular formula is C16H27ClN2O2. The molecule has 1 amide bonds. The number of rotatable bonds is 8. The van der Waals surface area contributed by atoms with Crippen molar-refractivity contribution in [2.75, 3.05) is 6.61 Å². The minimum atomic E-state index is -0.491. The zero-order valence-corrected chi connectivity index (χ0v) is 14.0. The molecule has 0 aliphatic heterocycles. The number of unbranched alkanes of at least 4 members (excludes halogenated alkanes) is 2. The standard InChI is InChI=1S/C16H26N2O2.ClH/c1-4-5-6-9-20-15-10-12(2)7-8-14(15)11-18-16(19)13(3)17;/h7-8,10,13H,4-6,9,11,17H2,1-3H3,(H,18,19);1H/t13-;/m0./s1. The molecule has 0 fully saturated rings. The number of halogens is 1. The predicted octanol–water partition coefficient (Wildman–Crippen LogP) is 2.95. The van der Waals surface area contributed by atoms with E-state index in [1.807, 2.05) is 25.1 Å². The third kappa shape index (κ3) is 7.34. The molecule has 0 saturated carbocycles. The second kappa shape index (κ2) is 10.5. The molecule has 4 nitrogen and oxygen atoms in total. The molecule has 1 atom stereocenters. The van der Waals surface area contributed by atoms with Crippen LogP contribution in [-0.2, 0) is 11.3 Å². The van der Waals surface area contributed by atoms with Crippen LogP contribution in [0.4, 0.5) is 0 Å². The molecule has 0 aliphatic carbocycles. The van der Waals surface area contributed by atoms with Crippen LogP contribution in [0.2, 0.25) is 0 Å². The van der Waals surface area contributed by atoms with Gasteiger partial charge in [-0.1, -0.05) is 31.9 Å². The van der Waals surface area contributed by atoms with Gasteiger partial charge in [-0.25, -0.2) is 0 Å². The smallest absolute Gasteiger partial charge is 0.236 e. The van der Waals surface area contributed by atoms with Crippen molar-refractivity contribution in [2.45, 2.75) is 52.6 Å². The molecule has 1 aromatic carbocycles. The number of ether oxygens (including phenoxy) is 1. The van der Waals surface area contributed by atoms with Gasteiger partial charge in [-0.3, -0.25) is 4.79 Å². The monoisotopic (exact) mass is 314 g/mol. The lowest BCUT2D eigenvalue weighted by molar-refractivity contribution is -0.122. The number of amides is 1. The van der Waals surface area contributed by atoms with E-state index >= 15 is 0 Å². The first-order valence-corrected chi connectivity index (χ1v) is 7.30. The summed E-state index contributed by atoms with van der Waals surface area (Å²) >= 11 is 0. The summed E-state index contributed by atoms with van der Waals surface area (Å²) < 4.78 is 5.83. The van der Waals surface area contributed by atoms with Gasteiger partial charge in [-0.05, 0) is 31.9 Å². The second-order valence-electron chi connectivity index (χ2n) is 5.17. The molecule has 5 heteroatoms. The van der Waals surface area contributed by atoms with E-state index in [0.717, 1.165) is 23.3 Å². The van der Waals surface area contributed by atoms with Gasteiger partial charge in [-0.15, -0.1) is 12.4 Å². The highest BCUT2D eigenvalue weighted by Gasteiger charge is 2.09. The maximum Gasteiger partial charge on any atom is 0.236 e. The van der Waals surface area contributed by atoms with E-state index < -0.39 is 6.04 Å². The van der Waals surface area contributed by atoms with Crippen molar-refractivity contribution in [1.29, 1.82) is 0 Å². The van der Waals surface area contributed by atoms with Crippen LogP contribution in [0.15, 0.2) is 18.2 Å². The normalized spacial score (nSPS) is 11.4. The number of carbonyl (C=O) groups is 1. The fraction of sp³-hybridized carbons (Fsp3) is 0.562. The maximum atomic E-state index is 11.5. The van der Waals surface area contributed by atoms with Crippen molar-refractivity contribution in [3.05, 3.63) is 29.3 Å². The van der Waals surface area contributed by atoms with Gasteiger partial charge in [0.2, 0.25) is 5.91 Å². The molecule has 120 valence electrons. The molecule has 3 N–H and O–H groups in total. The molecule has 0 unspecified atom stereocenters. The number of hydrogen-bond donors (Lipinski definition) is 2. The Kier molecular flexibility index (Phi) is 9.84. The highest BCUT2D eigenvalue weighted by atomic mass is 35.5. The molecule has 0 aliphatic rings. The first-order chi connectivity index (χ1) is 9.54. The van der Waals surface area contributed by atoms with Crippen LogP contribution in [0.1, 0.15) is 44.2 Å². The summed E-state index contributed by atoms with van der Waals surface area (Å²) in [7, 11) is 0. The topological polar surface area (TPSA) is 64.3 Å². The lowest BCUT2D eigenvalue weighted by Gasteiger charge is -2.14. The van der Waals surface area contributed by atoms with Gasteiger partial charge in [0.05, 0.1) is 12.6 Å². The Bertz CT molecular complexity index is 436. The summed E-state index contributed by atoms with van der Waals surface area (Å²) in [4.78, 5) is 11.5. The minimum absolute atomic E-state index is 0. The number of hydrogen-bond acceptors (Lipinski definition) is 3. The molecular weight excluding hydrogens is 288 g/mol. The van der Waals surface area contributed by atoms with Gasteiger partial charge in [0.15, 0.2) is 0 Å². The number of carbonyl (C=O) groups excluding carboxylic acids is 1. The molecule has 0 radical (unpaired) electrons. The lowest BCUT2D eigenvalue weighted by Crippen LogP contribution is -2.37. The van der Waals surface area contributed by atoms with Crippen molar-refractivity contribution in [1.82, 2.24) is 5.32 Å². The van der Waals surface area contributed by atoms with Crippen molar-refractivity contribution >= 4 is 18.3 Å². The summed E-state index contributed by atoms with van der Waals surface area (Å²) in [6.45, 7) is 7.03. The summed E-state index contributed by atoms with van der Waals surface area (Å²) in [6.07, 6.45) is 3.40. The van der Waals surface area contributed by atoms with Crippen molar-refractivity contribution in [2.24, 2.45) is 5.73 Å². The number of aryl methyl sites for hydroxylation is 1. The van der Waals surface area contributed by atoms with E-state index in [9.17, 15) is 4.79 Å². The second-order valence-corrected chi connectivity index (χ2v) is 5.17. The molecule has 1 rings (SSSR count). The molecule has 0 saturated heterocycles. The lowest BCUT2D eigenvalue weighted by atomic mass is 10.1. The Morgan fingerprint density at radius 2 is 2.10 bits per heavy atom.